The smallest absolute Gasteiger partial charge is 0.337 e. The second-order valence-corrected chi connectivity index (χ2v) is 6.11. The molecular formula is C13H20N2O4S. The maximum absolute atomic E-state index is 11.2. The SMILES string of the molecule is CCCCCCNc1ccc(S(N)(=O)=O)cc1C(=O)O. The lowest BCUT2D eigenvalue weighted by atomic mass is 10.1. The third-order valence-electron chi connectivity index (χ3n) is 2.90. The number of sulfonamides is 1. The van der Waals surface area contributed by atoms with Crippen LogP contribution in [0.1, 0.15) is 43.0 Å². The molecule has 20 heavy (non-hydrogen) atoms. The molecule has 0 atom stereocenters. The lowest BCUT2D eigenvalue weighted by Crippen LogP contribution is -2.14. The predicted molar refractivity (Wildman–Crippen MR) is 77.4 cm³/mol. The number of carbonyl (C=O) groups is 1. The first-order valence-corrected chi connectivity index (χ1v) is 8.05. The highest BCUT2D eigenvalue weighted by molar-refractivity contribution is 7.89. The van der Waals surface area contributed by atoms with Crippen LogP contribution in [0, 0.1) is 0 Å². The first-order valence-electron chi connectivity index (χ1n) is 6.50. The van der Waals surface area contributed by atoms with Crippen LogP contribution in [-0.2, 0) is 10.0 Å². The minimum atomic E-state index is -3.90. The summed E-state index contributed by atoms with van der Waals surface area (Å²) in [4.78, 5) is 11.0. The molecule has 0 aliphatic rings. The predicted octanol–water partition coefficient (Wildman–Crippen LogP) is 2.02. The van der Waals surface area contributed by atoms with E-state index in [4.69, 9.17) is 10.2 Å². The molecule has 0 saturated heterocycles. The zero-order valence-corrected chi connectivity index (χ0v) is 12.2. The van der Waals surface area contributed by atoms with Gasteiger partial charge in [0.1, 0.15) is 0 Å². The van der Waals surface area contributed by atoms with E-state index in [1.165, 1.54) is 12.1 Å². The van der Waals surface area contributed by atoms with Gasteiger partial charge in [0.25, 0.3) is 0 Å². The monoisotopic (exact) mass is 300 g/mol. The van der Waals surface area contributed by atoms with Crippen molar-refractivity contribution >= 4 is 21.7 Å². The fraction of sp³-hybridized carbons (Fsp3) is 0.462. The number of unbranched alkanes of at least 4 members (excludes halogenated alkanes) is 3. The van der Waals surface area contributed by atoms with Crippen LogP contribution in [0.25, 0.3) is 0 Å². The van der Waals surface area contributed by atoms with Gasteiger partial charge in [0.2, 0.25) is 10.0 Å². The highest BCUT2D eigenvalue weighted by Gasteiger charge is 2.15. The lowest BCUT2D eigenvalue weighted by molar-refractivity contribution is 0.0697. The minimum Gasteiger partial charge on any atom is -0.478 e. The average Bonchev–Trinajstić information content (AvgIpc) is 2.37. The van der Waals surface area contributed by atoms with E-state index in [0.717, 1.165) is 31.7 Å². The van der Waals surface area contributed by atoms with Gasteiger partial charge in [0.05, 0.1) is 10.5 Å². The molecule has 7 heteroatoms. The number of hydrogen-bond acceptors (Lipinski definition) is 4. The van der Waals surface area contributed by atoms with Crippen LogP contribution in [0.5, 0.6) is 0 Å². The van der Waals surface area contributed by atoms with Gasteiger partial charge in [-0.15, -0.1) is 0 Å². The first kappa shape index (κ1) is 16.5. The number of aromatic carboxylic acids is 1. The Bertz CT molecular complexity index is 570. The van der Waals surface area contributed by atoms with Crippen molar-refractivity contribution in [3.8, 4) is 0 Å². The number of benzene rings is 1. The summed E-state index contributed by atoms with van der Waals surface area (Å²) in [7, 11) is -3.90. The summed E-state index contributed by atoms with van der Waals surface area (Å²) in [6.07, 6.45) is 4.27. The number of rotatable bonds is 8. The fourth-order valence-electron chi connectivity index (χ4n) is 1.81. The van der Waals surface area contributed by atoms with Crippen molar-refractivity contribution in [1.29, 1.82) is 0 Å². The Morgan fingerprint density at radius 3 is 2.55 bits per heavy atom. The fourth-order valence-corrected chi connectivity index (χ4v) is 2.35. The summed E-state index contributed by atoms with van der Waals surface area (Å²) in [6, 6.07) is 3.81. The Morgan fingerprint density at radius 2 is 2.00 bits per heavy atom. The van der Waals surface area contributed by atoms with Crippen molar-refractivity contribution in [2.24, 2.45) is 5.14 Å². The molecule has 112 valence electrons. The Kier molecular flexibility index (Phi) is 5.97. The molecule has 0 saturated carbocycles. The number of carboxylic acids is 1. The standard InChI is InChI=1S/C13H20N2O4S/c1-2-3-4-5-8-15-12-7-6-10(20(14,18)19)9-11(12)13(16)17/h6-7,9,15H,2-5,8H2,1H3,(H,16,17)(H2,14,18,19). The molecule has 0 spiro atoms. The van der Waals surface area contributed by atoms with Gasteiger partial charge in [-0.3, -0.25) is 0 Å². The third kappa shape index (κ3) is 4.82. The third-order valence-corrected chi connectivity index (χ3v) is 3.81. The van der Waals surface area contributed by atoms with Crippen LogP contribution >= 0.6 is 0 Å². The van der Waals surface area contributed by atoms with Gasteiger partial charge >= 0.3 is 5.97 Å². The molecule has 0 amide bonds. The maximum Gasteiger partial charge on any atom is 0.337 e. The van der Waals surface area contributed by atoms with Crippen LogP contribution in [0.3, 0.4) is 0 Å². The van der Waals surface area contributed by atoms with Crippen molar-refractivity contribution in [2.75, 3.05) is 11.9 Å². The van der Waals surface area contributed by atoms with Crippen LogP contribution in [0.15, 0.2) is 23.1 Å². The molecule has 0 aromatic heterocycles. The lowest BCUT2D eigenvalue weighted by Gasteiger charge is -2.10. The van der Waals surface area contributed by atoms with Gasteiger partial charge in [-0.25, -0.2) is 18.4 Å². The van der Waals surface area contributed by atoms with Gasteiger partial charge in [0.15, 0.2) is 0 Å². The Balaban J connectivity index is 2.83. The van der Waals surface area contributed by atoms with Crippen molar-refractivity contribution in [3.63, 3.8) is 0 Å². The van der Waals surface area contributed by atoms with E-state index in [-0.39, 0.29) is 10.5 Å². The number of anilines is 1. The van der Waals surface area contributed by atoms with E-state index in [1.807, 2.05) is 0 Å². The molecule has 0 aliphatic carbocycles. The molecule has 0 fully saturated rings. The summed E-state index contributed by atoms with van der Waals surface area (Å²) >= 11 is 0. The van der Waals surface area contributed by atoms with E-state index >= 15 is 0 Å². The molecule has 0 aliphatic heterocycles. The summed E-state index contributed by atoms with van der Waals surface area (Å²) in [6.45, 7) is 2.76. The summed E-state index contributed by atoms with van der Waals surface area (Å²) in [5.74, 6) is -1.19. The summed E-state index contributed by atoms with van der Waals surface area (Å²) in [5, 5.41) is 17.1. The van der Waals surface area contributed by atoms with E-state index in [9.17, 15) is 13.2 Å². The Labute approximate surface area is 119 Å². The van der Waals surface area contributed by atoms with Crippen molar-refractivity contribution in [1.82, 2.24) is 0 Å². The van der Waals surface area contributed by atoms with E-state index < -0.39 is 16.0 Å². The van der Waals surface area contributed by atoms with Crippen LogP contribution < -0.4 is 10.5 Å². The van der Waals surface area contributed by atoms with Crippen molar-refractivity contribution in [2.45, 2.75) is 37.5 Å². The van der Waals surface area contributed by atoms with E-state index in [2.05, 4.69) is 12.2 Å². The molecule has 0 heterocycles. The average molecular weight is 300 g/mol. The Morgan fingerprint density at radius 1 is 1.30 bits per heavy atom. The molecular weight excluding hydrogens is 280 g/mol. The quantitative estimate of drug-likeness (QED) is 0.636. The number of primary sulfonamides is 1. The molecule has 1 aromatic rings. The summed E-state index contributed by atoms with van der Waals surface area (Å²) < 4.78 is 22.4. The first-order chi connectivity index (χ1) is 9.36. The second kappa shape index (κ2) is 7.25. The van der Waals surface area contributed by atoms with Gasteiger partial charge in [0, 0.05) is 12.2 Å². The molecule has 6 nitrogen and oxygen atoms in total. The van der Waals surface area contributed by atoms with Crippen molar-refractivity contribution in [3.05, 3.63) is 23.8 Å². The normalized spacial score (nSPS) is 11.3. The molecule has 0 radical (unpaired) electrons. The largest absolute Gasteiger partial charge is 0.478 e. The zero-order chi connectivity index (χ0) is 15.2. The zero-order valence-electron chi connectivity index (χ0n) is 11.4. The number of nitrogens with two attached hydrogens (primary N) is 1. The molecule has 4 N–H and O–H groups in total. The topological polar surface area (TPSA) is 109 Å². The van der Waals surface area contributed by atoms with Gasteiger partial charge < -0.3 is 10.4 Å². The second-order valence-electron chi connectivity index (χ2n) is 4.54. The van der Waals surface area contributed by atoms with Gasteiger partial charge in [-0.05, 0) is 24.6 Å². The van der Waals surface area contributed by atoms with E-state index in [1.54, 1.807) is 0 Å². The number of nitrogens with one attached hydrogen (secondary N) is 1. The minimum absolute atomic E-state index is 0.0907. The Hall–Kier alpha value is -1.60. The summed E-state index contributed by atoms with van der Waals surface area (Å²) in [5.41, 5.74) is 0.313. The highest BCUT2D eigenvalue weighted by Crippen LogP contribution is 2.20. The van der Waals surface area contributed by atoms with Crippen LogP contribution in [0.4, 0.5) is 5.69 Å². The number of hydrogen-bond donors (Lipinski definition) is 3. The highest BCUT2D eigenvalue weighted by atomic mass is 32.2. The van der Waals surface area contributed by atoms with Crippen LogP contribution in [-0.4, -0.2) is 26.0 Å². The maximum atomic E-state index is 11.2. The molecule has 0 unspecified atom stereocenters. The molecule has 1 rings (SSSR count). The molecule has 0 bridgehead atoms. The van der Waals surface area contributed by atoms with Crippen molar-refractivity contribution < 1.29 is 18.3 Å². The van der Waals surface area contributed by atoms with Crippen LogP contribution in [0.2, 0.25) is 0 Å². The van der Waals surface area contributed by atoms with E-state index in [0.29, 0.717) is 12.2 Å². The number of carboxylic acid groups (broad SMARTS) is 1. The molecule has 1 aromatic carbocycles. The van der Waals surface area contributed by atoms with Gasteiger partial charge in [-0.2, -0.15) is 0 Å². The van der Waals surface area contributed by atoms with Gasteiger partial charge in [-0.1, -0.05) is 26.2 Å².